The number of hydrogen-bond acceptors (Lipinski definition) is 3. The van der Waals surface area contributed by atoms with E-state index in [0.29, 0.717) is 12.0 Å². The summed E-state index contributed by atoms with van der Waals surface area (Å²) >= 11 is 0. The number of ether oxygens (including phenoxy) is 1. The van der Waals surface area contributed by atoms with Crippen molar-refractivity contribution in [3.8, 4) is 5.75 Å². The Labute approximate surface area is 99.9 Å². The largest absolute Gasteiger partial charge is 0.524 e. The minimum Gasteiger partial charge on any atom is -0.404 e. The number of benzene rings is 1. The Balaban J connectivity index is 0.000000415. The zero-order chi connectivity index (χ0) is 12.7. The van der Waals surface area contributed by atoms with Crippen LogP contribution in [0.25, 0.3) is 0 Å². The number of rotatable bonds is 4. The monoisotopic (exact) mass is 258 g/mol. The van der Waals surface area contributed by atoms with E-state index in [4.69, 9.17) is 9.79 Å². The number of epoxide rings is 1. The van der Waals surface area contributed by atoms with Crippen molar-refractivity contribution in [2.45, 2.75) is 6.42 Å². The second-order valence-electron chi connectivity index (χ2n) is 3.29. The topological polar surface area (TPSA) is 79.3 Å². The molecule has 1 saturated heterocycles. The first-order valence-corrected chi connectivity index (χ1v) is 6.57. The highest BCUT2D eigenvalue weighted by atomic mass is 31.2. The summed E-state index contributed by atoms with van der Waals surface area (Å²) in [4.78, 5) is 17.3. The highest BCUT2D eigenvalue weighted by molar-refractivity contribution is 7.46. The van der Waals surface area contributed by atoms with E-state index in [1.165, 1.54) is 6.07 Å². The molecule has 0 radical (unpaired) electrons. The van der Waals surface area contributed by atoms with Crippen LogP contribution < -0.4 is 4.52 Å². The van der Waals surface area contributed by atoms with E-state index in [-0.39, 0.29) is 5.75 Å². The van der Waals surface area contributed by atoms with Gasteiger partial charge in [0.05, 0.1) is 13.2 Å². The van der Waals surface area contributed by atoms with Crippen molar-refractivity contribution in [3.05, 3.63) is 42.5 Å². The zero-order valence-corrected chi connectivity index (χ0v) is 10.2. The lowest BCUT2D eigenvalue weighted by Crippen LogP contribution is -1.94. The van der Waals surface area contributed by atoms with E-state index in [0.717, 1.165) is 13.2 Å². The second kappa shape index (κ2) is 6.57. The van der Waals surface area contributed by atoms with Crippen LogP contribution in [0.2, 0.25) is 0 Å². The summed E-state index contributed by atoms with van der Waals surface area (Å²) in [5, 5.41) is 0. The molecule has 0 aromatic heterocycles. The summed E-state index contributed by atoms with van der Waals surface area (Å²) < 4.78 is 19.6. The number of hydrogen-bond donors (Lipinski definition) is 2. The van der Waals surface area contributed by atoms with Gasteiger partial charge in [0.1, 0.15) is 5.75 Å². The third kappa shape index (κ3) is 6.92. The van der Waals surface area contributed by atoms with Gasteiger partial charge >= 0.3 is 7.82 Å². The van der Waals surface area contributed by atoms with Gasteiger partial charge in [0.2, 0.25) is 0 Å². The molecule has 0 bridgehead atoms. The molecule has 1 aromatic rings. The van der Waals surface area contributed by atoms with Crippen molar-refractivity contribution in [2.75, 3.05) is 13.2 Å². The first-order valence-electron chi connectivity index (χ1n) is 5.04. The van der Waals surface area contributed by atoms with Gasteiger partial charge in [-0.2, -0.15) is 0 Å². The maximum Gasteiger partial charge on any atom is 0.524 e. The maximum absolute atomic E-state index is 10.6. The summed E-state index contributed by atoms with van der Waals surface area (Å²) in [5.74, 6) is 0.195. The van der Waals surface area contributed by atoms with Gasteiger partial charge in [0.25, 0.3) is 0 Å². The van der Waals surface area contributed by atoms with Gasteiger partial charge in [-0.1, -0.05) is 24.3 Å². The summed E-state index contributed by atoms with van der Waals surface area (Å²) in [5.41, 5.74) is 0.700. The van der Waals surface area contributed by atoms with Crippen LogP contribution in [0.4, 0.5) is 0 Å². The molecule has 0 aliphatic carbocycles. The summed E-state index contributed by atoms with van der Waals surface area (Å²) in [6.45, 7) is 5.54. The quantitative estimate of drug-likeness (QED) is 0.490. The Kier molecular flexibility index (Phi) is 5.38. The van der Waals surface area contributed by atoms with Gasteiger partial charge < -0.3 is 9.26 Å². The van der Waals surface area contributed by atoms with Gasteiger partial charge in [0, 0.05) is 0 Å². The van der Waals surface area contributed by atoms with Crippen molar-refractivity contribution in [3.63, 3.8) is 0 Å². The van der Waals surface area contributed by atoms with E-state index in [1.807, 2.05) is 0 Å². The Morgan fingerprint density at radius 1 is 1.41 bits per heavy atom. The summed E-state index contributed by atoms with van der Waals surface area (Å²) in [7, 11) is -4.47. The standard InChI is InChI=1S/C9H11O4P.C2H4O/c1-2-5-8-6-3-4-7-9(8)13-14(10,11)12;1-2-3-1/h2-4,6-7H,1,5H2,(H2,10,11,12);1-2H2. The SMILES string of the molecule is C1CO1.C=CCc1ccccc1OP(=O)(O)O. The molecule has 2 rings (SSSR count). The average molecular weight is 258 g/mol. The van der Waals surface area contributed by atoms with Crippen LogP contribution in [0.5, 0.6) is 5.75 Å². The number of para-hydroxylation sites is 1. The molecule has 0 spiro atoms. The normalized spacial score (nSPS) is 13.3. The van der Waals surface area contributed by atoms with Crippen LogP contribution in [0.15, 0.2) is 36.9 Å². The summed E-state index contributed by atoms with van der Waals surface area (Å²) in [6.07, 6.45) is 2.15. The predicted molar refractivity (Wildman–Crippen MR) is 63.8 cm³/mol. The van der Waals surface area contributed by atoms with Crippen molar-refractivity contribution < 1.29 is 23.6 Å². The molecule has 6 heteroatoms. The smallest absolute Gasteiger partial charge is 0.404 e. The predicted octanol–water partition coefficient (Wildman–Crippen LogP) is 1.90. The average Bonchev–Trinajstić information content (AvgIpc) is 3.06. The minimum atomic E-state index is -4.47. The summed E-state index contributed by atoms with van der Waals surface area (Å²) in [6, 6.07) is 6.66. The zero-order valence-electron chi connectivity index (χ0n) is 9.28. The molecular weight excluding hydrogens is 243 g/mol. The molecule has 17 heavy (non-hydrogen) atoms. The number of phosphoric acid groups is 1. The highest BCUT2D eigenvalue weighted by Crippen LogP contribution is 2.39. The molecule has 0 amide bonds. The van der Waals surface area contributed by atoms with Crippen LogP contribution in [0, 0.1) is 0 Å². The lowest BCUT2D eigenvalue weighted by molar-refractivity contribution is 0.282. The Hall–Kier alpha value is -1.13. The molecule has 1 aromatic carbocycles. The van der Waals surface area contributed by atoms with Gasteiger partial charge in [0.15, 0.2) is 0 Å². The lowest BCUT2D eigenvalue weighted by Gasteiger charge is -2.09. The molecule has 0 unspecified atom stereocenters. The van der Waals surface area contributed by atoms with Gasteiger partial charge in [-0.3, -0.25) is 9.79 Å². The fourth-order valence-electron chi connectivity index (χ4n) is 1.05. The number of allylic oxidation sites excluding steroid dienone is 1. The highest BCUT2D eigenvalue weighted by Gasteiger charge is 2.17. The molecule has 0 saturated carbocycles. The molecule has 1 aliphatic heterocycles. The van der Waals surface area contributed by atoms with Crippen molar-refractivity contribution in [1.82, 2.24) is 0 Å². The van der Waals surface area contributed by atoms with E-state index in [2.05, 4.69) is 15.8 Å². The van der Waals surface area contributed by atoms with E-state index in [1.54, 1.807) is 24.3 Å². The lowest BCUT2D eigenvalue weighted by atomic mass is 10.1. The Bertz CT molecular complexity index is 407. The Morgan fingerprint density at radius 3 is 2.47 bits per heavy atom. The maximum atomic E-state index is 10.6. The minimum absolute atomic E-state index is 0.195. The first kappa shape index (κ1) is 13.9. The van der Waals surface area contributed by atoms with Crippen LogP contribution in [0.1, 0.15) is 5.56 Å². The van der Waals surface area contributed by atoms with Crippen molar-refractivity contribution >= 4 is 7.82 Å². The van der Waals surface area contributed by atoms with Crippen LogP contribution in [-0.4, -0.2) is 23.0 Å². The third-order valence-electron chi connectivity index (χ3n) is 1.76. The van der Waals surface area contributed by atoms with Crippen molar-refractivity contribution in [2.24, 2.45) is 0 Å². The third-order valence-corrected chi connectivity index (χ3v) is 2.19. The molecule has 94 valence electrons. The van der Waals surface area contributed by atoms with E-state index in [9.17, 15) is 4.57 Å². The van der Waals surface area contributed by atoms with Crippen LogP contribution in [0.3, 0.4) is 0 Å². The molecular formula is C11H15O5P. The molecule has 5 nitrogen and oxygen atoms in total. The van der Waals surface area contributed by atoms with Crippen LogP contribution >= 0.6 is 7.82 Å². The molecule has 2 N–H and O–H groups in total. The fraction of sp³-hybridized carbons (Fsp3) is 0.273. The van der Waals surface area contributed by atoms with E-state index >= 15 is 0 Å². The van der Waals surface area contributed by atoms with Crippen LogP contribution in [-0.2, 0) is 15.7 Å². The molecule has 1 heterocycles. The molecule has 1 fully saturated rings. The van der Waals surface area contributed by atoms with E-state index < -0.39 is 7.82 Å². The van der Waals surface area contributed by atoms with Gasteiger partial charge in [-0.05, 0) is 18.1 Å². The van der Waals surface area contributed by atoms with Crippen molar-refractivity contribution in [1.29, 1.82) is 0 Å². The fourth-order valence-corrected chi connectivity index (χ4v) is 1.48. The van der Waals surface area contributed by atoms with Gasteiger partial charge in [-0.15, -0.1) is 6.58 Å². The first-order chi connectivity index (χ1) is 8.03. The molecule has 0 atom stereocenters. The molecule has 1 aliphatic rings. The number of phosphoric ester groups is 1. The Morgan fingerprint density at radius 2 is 2.00 bits per heavy atom. The second-order valence-corrected chi connectivity index (χ2v) is 4.46. The van der Waals surface area contributed by atoms with Gasteiger partial charge in [-0.25, -0.2) is 4.57 Å².